The van der Waals surface area contributed by atoms with Crippen LogP contribution in [0.25, 0.3) is 0 Å². The van der Waals surface area contributed by atoms with Gasteiger partial charge in [-0.1, -0.05) is 37.8 Å². The molecule has 0 N–H and O–H groups in total. The van der Waals surface area contributed by atoms with Crippen molar-refractivity contribution in [3.8, 4) is 0 Å². The second-order valence-corrected chi connectivity index (χ2v) is 11.6. The lowest BCUT2D eigenvalue weighted by atomic mass is 10.4. The molecule has 0 saturated carbocycles. The molecule has 0 heterocycles. The highest BCUT2D eigenvalue weighted by Crippen LogP contribution is 2.30. The third-order valence-corrected chi connectivity index (χ3v) is 6.07. The average Bonchev–Trinajstić information content (AvgIpc) is 2.14. The molecule has 0 aromatic heterocycles. The van der Waals surface area contributed by atoms with E-state index in [0.717, 1.165) is 6.07 Å². The number of benzene rings is 1. The number of hydrogen-bond donors (Lipinski definition) is 0. The van der Waals surface area contributed by atoms with Crippen molar-refractivity contribution in [1.29, 1.82) is 0 Å². The summed E-state index contributed by atoms with van der Waals surface area (Å²) in [5, 5.41) is 0.303. The molecule has 2 nitrogen and oxygen atoms in total. The summed E-state index contributed by atoms with van der Waals surface area (Å²) in [6, 6.07) is 5.35. The Morgan fingerprint density at radius 2 is 1.53 bits per heavy atom. The molecule has 0 aliphatic carbocycles. The molecule has 17 heavy (non-hydrogen) atoms. The van der Waals surface area contributed by atoms with E-state index in [1.54, 1.807) is 25.7 Å². The fourth-order valence-electron chi connectivity index (χ4n) is 1.45. The van der Waals surface area contributed by atoms with Gasteiger partial charge in [0.1, 0.15) is 0 Å². The standard InChI is InChI=1S/C10H13F3O2SSi/c1-17(2,3)9-7-5-4-6-8(9)16(14,15)10(11,12)13/h4-7H,1-3H3. The van der Waals surface area contributed by atoms with E-state index in [4.69, 9.17) is 0 Å². The van der Waals surface area contributed by atoms with Crippen LogP contribution in [0.1, 0.15) is 0 Å². The van der Waals surface area contributed by atoms with Crippen LogP contribution in [0.2, 0.25) is 19.6 Å². The molecule has 0 unspecified atom stereocenters. The van der Waals surface area contributed by atoms with E-state index in [2.05, 4.69) is 0 Å². The summed E-state index contributed by atoms with van der Waals surface area (Å²) in [6.07, 6.45) is 0. The van der Waals surface area contributed by atoms with Gasteiger partial charge in [-0.15, -0.1) is 0 Å². The minimum absolute atomic E-state index is 0.303. The van der Waals surface area contributed by atoms with E-state index in [1.165, 1.54) is 12.1 Å². The van der Waals surface area contributed by atoms with Gasteiger partial charge in [-0.25, -0.2) is 8.42 Å². The van der Waals surface area contributed by atoms with E-state index in [0.29, 0.717) is 5.19 Å². The van der Waals surface area contributed by atoms with Crippen LogP contribution in [0, 0.1) is 0 Å². The van der Waals surface area contributed by atoms with Crippen molar-refractivity contribution < 1.29 is 21.6 Å². The first-order valence-corrected chi connectivity index (χ1v) is 9.87. The van der Waals surface area contributed by atoms with E-state index >= 15 is 0 Å². The zero-order chi connectivity index (χ0) is 13.5. The minimum Gasteiger partial charge on any atom is -0.214 e. The van der Waals surface area contributed by atoms with Crippen molar-refractivity contribution in [2.45, 2.75) is 30.0 Å². The SMILES string of the molecule is C[Si](C)(C)c1ccccc1S(=O)(=O)C(F)(F)F. The molecular weight excluding hydrogens is 269 g/mol. The van der Waals surface area contributed by atoms with Gasteiger partial charge < -0.3 is 0 Å². The van der Waals surface area contributed by atoms with Gasteiger partial charge in [0.25, 0.3) is 9.84 Å². The van der Waals surface area contributed by atoms with Gasteiger partial charge in [0.2, 0.25) is 0 Å². The van der Waals surface area contributed by atoms with Crippen LogP contribution >= 0.6 is 0 Å². The number of rotatable bonds is 2. The molecule has 1 aromatic carbocycles. The Kier molecular flexibility index (Phi) is 3.46. The monoisotopic (exact) mass is 282 g/mol. The molecule has 0 aliphatic heterocycles. The van der Waals surface area contributed by atoms with Crippen LogP contribution in [0.5, 0.6) is 0 Å². The second kappa shape index (κ2) is 4.13. The van der Waals surface area contributed by atoms with E-state index in [1.807, 2.05) is 0 Å². The van der Waals surface area contributed by atoms with Crippen molar-refractivity contribution in [2.75, 3.05) is 0 Å². The molecule has 0 amide bonds. The lowest BCUT2D eigenvalue weighted by molar-refractivity contribution is -0.0435. The van der Waals surface area contributed by atoms with Crippen LogP contribution in [0.3, 0.4) is 0 Å². The zero-order valence-electron chi connectivity index (χ0n) is 9.67. The minimum atomic E-state index is -5.26. The van der Waals surface area contributed by atoms with Crippen molar-refractivity contribution >= 4 is 23.1 Å². The summed E-state index contributed by atoms with van der Waals surface area (Å²) >= 11 is 0. The van der Waals surface area contributed by atoms with E-state index < -0.39 is 28.3 Å². The molecule has 1 aromatic rings. The van der Waals surface area contributed by atoms with Crippen molar-refractivity contribution in [2.24, 2.45) is 0 Å². The summed E-state index contributed by atoms with van der Waals surface area (Å²) in [5.41, 5.74) is -5.25. The van der Waals surface area contributed by atoms with Crippen molar-refractivity contribution in [3.05, 3.63) is 24.3 Å². The zero-order valence-corrected chi connectivity index (χ0v) is 11.5. The van der Waals surface area contributed by atoms with Gasteiger partial charge >= 0.3 is 5.51 Å². The molecular formula is C10H13F3O2SSi. The topological polar surface area (TPSA) is 34.1 Å². The largest absolute Gasteiger partial charge is 0.501 e. The Labute approximate surface area is 99.4 Å². The summed E-state index contributed by atoms with van der Waals surface area (Å²) in [4.78, 5) is -0.605. The van der Waals surface area contributed by atoms with Gasteiger partial charge in [-0.3, -0.25) is 0 Å². The summed E-state index contributed by atoms with van der Waals surface area (Å²) in [7, 11) is -7.40. The summed E-state index contributed by atoms with van der Waals surface area (Å²) < 4.78 is 60.4. The highest BCUT2D eigenvalue weighted by atomic mass is 32.2. The molecule has 0 fully saturated rings. The first kappa shape index (κ1) is 14.2. The predicted molar refractivity (Wildman–Crippen MR) is 62.7 cm³/mol. The molecule has 0 bridgehead atoms. The highest BCUT2D eigenvalue weighted by molar-refractivity contribution is 7.92. The number of alkyl halides is 3. The lowest BCUT2D eigenvalue weighted by Crippen LogP contribution is -2.42. The van der Waals surface area contributed by atoms with Crippen molar-refractivity contribution in [1.82, 2.24) is 0 Å². The molecule has 0 spiro atoms. The van der Waals surface area contributed by atoms with Crippen LogP contribution in [0.4, 0.5) is 13.2 Å². The Hall–Kier alpha value is -0.823. The Morgan fingerprint density at radius 3 is 1.94 bits per heavy atom. The maximum Gasteiger partial charge on any atom is 0.501 e. The molecule has 7 heteroatoms. The van der Waals surface area contributed by atoms with Crippen LogP contribution in [0.15, 0.2) is 29.2 Å². The lowest BCUT2D eigenvalue weighted by Gasteiger charge is -2.21. The van der Waals surface area contributed by atoms with Gasteiger partial charge in [-0.2, -0.15) is 13.2 Å². The Bertz CT molecular complexity index is 515. The first-order chi connectivity index (χ1) is 7.48. The third kappa shape index (κ3) is 2.71. The Morgan fingerprint density at radius 1 is 1.06 bits per heavy atom. The van der Waals surface area contributed by atoms with Crippen LogP contribution in [-0.4, -0.2) is 22.0 Å². The fraction of sp³-hybridized carbons (Fsp3) is 0.400. The van der Waals surface area contributed by atoms with Gasteiger partial charge in [0.15, 0.2) is 0 Å². The van der Waals surface area contributed by atoms with E-state index in [-0.39, 0.29) is 0 Å². The molecule has 1 rings (SSSR count). The summed E-state index contributed by atoms with van der Waals surface area (Å²) in [6.45, 7) is 5.41. The fourth-order valence-corrected chi connectivity index (χ4v) is 5.05. The number of hydrogen-bond acceptors (Lipinski definition) is 2. The highest BCUT2D eigenvalue weighted by Gasteiger charge is 2.48. The van der Waals surface area contributed by atoms with E-state index in [9.17, 15) is 21.6 Å². The van der Waals surface area contributed by atoms with Gasteiger partial charge in [-0.05, 0) is 11.3 Å². The van der Waals surface area contributed by atoms with Gasteiger partial charge in [0.05, 0.1) is 13.0 Å². The van der Waals surface area contributed by atoms with Crippen LogP contribution in [-0.2, 0) is 9.84 Å². The maximum atomic E-state index is 12.5. The molecule has 96 valence electrons. The molecule has 0 saturated heterocycles. The maximum absolute atomic E-state index is 12.5. The molecule has 0 radical (unpaired) electrons. The van der Waals surface area contributed by atoms with Crippen LogP contribution < -0.4 is 5.19 Å². The quantitative estimate of drug-likeness (QED) is 0.781. The normalized spacial score (nSPS) is 13.8. The smallest absolute Gasteiger partial charge is 0.214 e. The van der Waals surface area contributed by atoms with Gasteiger partial charge in [0, 0.05) is 0 Å². The first-order valence-electron chi connectivity index (χ1n) is 4.89. The number of sulfone groups is 1. The predicted octanol–water partition coefficient (Wildman–Crippen LogP) is 2.53. The number of halogens is 3. The average molecular weight is 282 g/mol. The second-order valence-electron chi connectivity index (χ2n) is 4.70. The molecule has 0 aliphatic rings. The Balaban J connectivity index is 3.55. The van der Waals surface area contributed by atoms with Crippen molar-refractivity contribution in [3.63, 3.8) is 0 Å². The third-order valence-electron chi connectivity index (χ3n) is 2.29. The summed E-state index contributed by atoms with van der Waals surface area (Å²) in [5.74, 6) is 0. The molecule has 0 atom stereocenters.